The zero-order valence-electron chi connectivity index (χ0n) is 18.1. The second-order valence-electron chi connectivity index (χ2n) is 6.84. The van der Waals surface area contributed by atoms with Crippen molar-refractivity contribution in [3.63, 3.8) is 0 Å². The molecule has 8 heteroatoms. The zero-order chi connectivity index (χ0) is 22.8. The number of anilines is 1. The molecular formula is C24H26N2O6. The van der Waals surface area contributed by atoms with Crippen LogP contribution in [0, 0.1) is 0 Å². The molecule has 1 amide bonds. The lowest BCUT2D eigenvalue weighted by molar-refractivity contribution is -0.124. The zero-order valence-corrected chi connectivity index (χ0v) is 18.1. The van der Waals surface area contributed by atoms with Crippen molar-refractivity contribution >= 4 is 17.6 Å². The molecule has 0 aliphatic rings. The van der Waals surface area contributed by atoms with Gasteiger partial charge in [-0.25, -0.2) is 4.79 Å². The van der Waals surface area contributed by atoms with E-state index in [1.807, 2.05) is 30.3 Å². The Morgan fingerprint density at radius 1 is 0.969 bits per heavy atom. The lowest BCUT2D eigenvalue weighted by Gasteiger charge is -2.12. The number of amides is 1. The Kier molecular flexibility index (Phi) is 8.14. The van der Waals surface area contributed by atoms with Crippen LogP contribution >= 0.6 is 0 Å². The Bertz CT molecular complexity index is 1030. The molecule has 2 aromatic carbocycles. The van der Waals surface area contributed by atoms with Gasteiger partial charge in [-0.1, -0.05) is 18.2 Å². The van der Waals surface area contributed by atoms with E-state index in [4.69, 9.17) is 18.6 Å². The summed E-state index contributed by atoms with van der Waals surface area (Å²) < 4.78 is 21.0. The van der Waals surface area contributed by atoms with Gasteiger partial charge < -0.3 is 29.3 Å². The molecule has 0 atom stereocenters. The quantitative estimate of drug-likeness (QED) is 0.443. The van der Waals surface area contributed by atoms with E-state index in [2.05, 4.69) is 10.6 Å². The third-order valence-electron chi connectivity index (χ3n) is 4.70. The van der Waals surface area contributed by atoms with Gasteiger partial charge in [0.15, 0.2) is 18.1 Å². The molecule has 3 rings (SSSR count). The first-order chi connectivity index (χ1) is 15.6. The standard InChI is InChI=1S/C24H26N2O6/c1-29-21-10-9-17(14-22(21)30-2)11-12-25-23(27)16-32-24(28)19-7-3-4-8-20(19)26-15-18-6-5-13-31-18/h3-10,13-14,26H,11-12,15-16H2,1-2H3,(H,25,27). The summed E-state index contributed by atoms with van der Waals surface area (Å²) in [6.45, 7) is 0.457. The van der Waals surface area contributed by atoms with Gasteiger partial charge in [0, 0.05) is 12.2 Å². The van der Waals surface area contributed by atoms with Crippen molar-refractivity contribution < 1.29 is 28.2 Å². The van der Waals surface area contributed by atoms with Gasteiger partial charge in [-0.3, -0.25) is 4.79 Å². The van der Waals surface area contributed by atoms with Crippen molar-refractivity contribution in [1.29, 1.82) is 0 Å². The molecule has 0 unspecified atom stereocenters. The number of benzene rings is 2. The van der Waals surface area contributed by atoms with Crippen LogP contribution < -0.4 is 20.1 Å². The SMILES string of the molecule is COc1ccc(CCNC(=O)COC(=O)c2ccccc2NCc2ccco2)cc1OC. The molecule has 2 N–H and O–H groups in total. The summed E-state index contributed by atoms with van der Waals surface area (Å²) in [5.41, 5.74) is 1.93. The molecule has 0 aliphatic carbocycles. The predicted octanol–water partition coefficient (Wildman–Crippen LogP) is 3.42. The average molecular weight is 438 g/mol. The molecule has 0 saturated carbocycles. The largest absolute Gasteiger partial charge is 0.493 e. The van der Waals surface area contributed by atoms with Gasteiger partial charge in [-0.15, -0.1) is 0 Å². The molecule has 32 heavy (non-hydrogen) atoms. The number of methoxy groups -OCH3 is 2. The van der Waals surface area contributed by atoms with Gasteiger partial charge in [0.25, 0.3) is 5.91 Å². The number of hydrogen-bond donors (Lipinski definition) is 2. The summed E-state index contributed by atoms with van der Waals surface area (Å²) in [7, 11) is 3.15. The van der Waals surface area contributed by atoms with Crippen LogP contribution in [0.3, 0.4) is 0 Å². The monoisotopic (exact) mass is 438 g/mol. The number of para-hydroxylation sites is 1. The summed E-state index contributed by atoms with van der Waals surface area (Å²) >= 11 is 0. The molecule has 0 spiro atoms. The molecule has 0 saturated heterocycles. The normalized spacial score (nSPS) is 10.3. The first kappa shape index (κ1) is 22.7. The molecule has 3 aromatic rings. The molecule has 0 fully saturated rings. The van der Waals surface area contributed by atoms with Gasteiger partial charge in [0.05, 0.1) is 32.6 Å². The molecule has 1 aromatic heterocycles. The first-order valence-electron chi connectivity index (χ1n) is 10.1. The minimum absolute atomic E-state index is 0.345. The number of carbonyl (C=O) groups excluding carboxylic acids is 2. The fourth-order valence-corrected chi connectivity index (χ4v) is 3.05. The minimum atomic E-state index is -0.581. The maximum absolute atomic E-state index is 12.5. The van der Waals surface area contributed by atoms with Crippen LogP contribution in [0.5, 0.6) is 11.5 Å². The third-order valence-corrected chi connectivity index (χ3v) is 4.70. The van der Waals surface area contributed by atoms with Crippen LogP contribution in [0.2, 0.25) is 0 Å². The van der Waals surface area contributed by atoms with E-state index < -0.39 is 5.97 Å². The predicted molar refractivity (Wildman–Crippen MR) is 119 cm³/mol. The maximum Gasteiger partial charge on any atom is 0.340 e. The Hall–Kier alpha value is -3.94. The minimum Gasteiger partial charge on any atom is -0.493 e. The molecule has 0 radical (unpaired) electrons. The van der Waals surface area contributed by atoms with Crippen LogP contribution in [0.4, 0.5) is 5.69 Å². The van der Waals surface area contributed by atoms with Crippen LogP contribution in [-0.2, 0) is 22.5 Å². The average Bonchev–Trinajstić information content (AvgIpc) is 3.35. The summed E-state index contributed by atoms with van der Waals surface area (Å²) in [4.78, 5) is 24.6. The smallest absolute Gasteiger partial charge is 0.340 e. The number of hydrogen-bond acceptors (Lipinski definition) is 7. The van der Waals surface area contributed by atoms with E-state index in [0.29, 0.717) is 42.3 Å². The van der Waals surface area contributed by atoms with Crippen LogP contribution in [-0.4, -0.2) is 39.2 Å². The fraction of sp³-hybridized carbons (Fsp3) is 0.250. The second kappa shape index (κ2) is 11.5. The number of carbonyl (C=O) groups is 2. The van der Waals surface area contributed by atoms with Crippen LogP contribution in [0.25, 0.3) is 0 Å². The Morgan fingerprint density at radius 3 is 2.53 bits per heavy atom. The number of nitrogens with one attached hydrogen (secondary N) is 2. The van der Waals surface area contributed by atoms with E-state index in [1.54, 1.807) is 44.7 Å². The second-order valence-corrected chi connectivity index (χ2v) is 6.84. The summed E-state index contributed by atoms with van der Waals surface area (Å²) in [5.74, 6) is 1.06. The summed E-state index contributed by atoms with van der Waals surface area (Å²) in [5, 5.41) is 5.89. The van der Waals surface area contributed by atoms with E-state index >= 15 is 0 Å². The van der Waals surface area contributed by atoms with Crippen molar-refractivity contribution in [1.82, 2.24) is 5.32 Å². The highest BCUT2D eigenvalue weighted by Crippen LogP contribution is 2.27. The number of furan rings is 1. The highest BCUT2D eigenvalue weighted by molar-refractivity contribution is 5.96. The van der Waals surface area contributed by atoms with Crippen molar-refractivity contribution in [3.8, 4) is 11.5 Å². The number of rotatable bonds is 11. The number of esters is 1. The molecule has 0 aliphatic heterocycles. The topological polar surface area (TPSA) is 99.0 Å². The van der Waals surface area contributed by atoms with E-state index in [-0.39, 0.29) is 12.5 Å². The van der Waals surface area contributed by atoms with E-state index in [9.17, 15) is 9.59 Å². The third kappa shape index (κ3) is 6.28. The summed E-state index contributed by atoms with van der Waals surface area (Å²) in [6.07, 6.45) is 2.18. The lowest BCUT2D eigenvalue weighted by Crippen LogP contribution is -2.30. The van der Waals surface area contributed by atoms with Crippen molar-refractivity contribution in [2.24, 2.45) is 0 Å². The van der Waals surface area contributed by atoms with Crippen molar-refractivity contribution in [3.05, 3.63) is 77.7 Å². The highest BCUT2D eigenvalue weighted by atomic mass is 16.5. The van der Waals surface area contributed by atoms with Crippen molar-refractivity contribution in [2.45, 2.75) is 13.0 Å². The lowest BCUT2D eigenvalue weighted by atomic mass is 10.1. The molecule has 8 nitrogen and oxygen atoms in total. The number of ether oxygens (including phenoxy) is 3. The fourth-order valence-electron chi connectivity index (χ4n) is 3.05. The summed E-state index contributed by atoms with van der Waals surface area (Å²) in [6, 6.07) is 16.2. The van der Waals surface area contributed by atoms with E-state index in [1.165, 1.54) is 0 Å². The molecule has 1 heterocycles. The molecule has 168 valence electrons. The van der Waals surface area contributed by atoms with Gasteiger partial charge in [0.2, 0.25) is 0 Å². The van der Waals surface area contributed by atoms with E-state index in [0.717, 1.165) is 11.3 Å². The van der Waals surface area contributed by atoms with Crippen LogP contribution in [0.15, 0.2) is 65.3 Å². The Labute approximate surface area is 186 Å². The maximum atomic E-state index is 12.5. The molecular weight excluding hydrogens is 412 g/mol. The molecule has 0 bridgehead atoms. The van der Waals surface area contributed by atoms with Gasteiger partial charge >= 0.3 is 5.97 Å². The first-order valence-corrected chi connectivity index (χ1v) is 10.1. The Balaban J connectivity index is 1.45. The van der Waals surface area contributed by atoms with Gasteiger partial charge in [-0.05, 0) is 48.4 Å². The van der Waals surface area contributed by atoms with Crippen LogP contribution in [0.1, 0.15) is 21.7 Å². The van der Waals surface area contributed by atoms with Gasteiger partial charge in [0.1, 0.15) is 5.76 Å². The van der Waals surface area contributed by atoms with Gasteiger partial charge in [-0.2, -0.15) is 0 Å². The Morgan fingerprint density at radius 2 is 1.78 bits per heavy atom. The highest BCUT2D eigenvalue weighted by Gasteiger charge is 2.14. The van der Waals surface area contributed by atoms with Crippen molar-refractivity contribution in [2.75, 3.05) is 32.7 Å².